The minimum absolute atomic E-state index is 0.0974. The maximum atomic E-state index is 13.6. The third kappa shape index (κ3) is 3.44. The summed E-state index contributed by atoms with van der Waals surface area (Å²) in [7, 11) is 0. The summed E-state index contributed by atoms with van der Waals surface area (Å²) in [5.41, 5.74) is 3.16. The summed E-state index contributed by atoms with van der Waals surface area (Å²) in [6.45, 7) is 1.78. The van der Waals surface area contributed by atoms with Gasteiger partial charge >= 0.3 is 0 Å². The van der Waals surface area contributed by atoms with Crippen LogP contribution in [0.2, 0.25) is 5.02 Å². The molecule has 1 unspecified atom stereocenters. The van der Waals surface area contributed by atoms with Crippen molar-refractivity contribution in [1.29, 1.82) is 0 Å². The Hall–Kier alpha value is -2.17. The van der Waals surface area contributed by atoms with E-state index in [9.17, 15) is 9.50 Å². The molecule has 5 heteroatoms. The molecular weight excluding hydrogens is 315 g/mol. The lowest BCUT2D eigenvalue weighted by molar-refractivity contribution is 0.276. The average molecular weight is 331 g/mol. The quantitative estimate of drug-likeness (QED) is 0.741. The molecule has 23 heavy (non-hydrogen) atoms. The fourth-order valence-corrected chi connectivity index (χ4v) is 2.69. The topological polar surface area (TPSA) is 45.1 Å². The van der Waals surface area contributed by atoms with E-state index in [1.807, 2.05) is 25.1 Å². The smallest absolute Gasteiger partial charge is 0.124 e. The summed E-state index contributed by atoms with van der Waals surface area (Å²) in [5.74, 6) is -0.321. The van der Waals surface area contributed by atoms with Crippen molar-refractivity contribution in [3.05, 3.63) is 70.6 Å². The van der Waals surface area contributed by atoms with Crippen LogP contribution < -0.4 is 5.32 Å². The number of aliphatic hydroxyl groups excluding tert-OH is 1. The highest BCUT2D eigenvalue weighted by Gasteiger charge is 2.13. The van der Waals surface area contributed by atoms with Crippen LogP contribution in [0.5, 0.6) is 0 Å². The number of rotatable bonds is 4. The van der Waals surface area contributed by atoms with Gasteiger partial charge in [0.25, 0.3) is 0 Å². The number of aliphatic hydroxyl groups is 1. The molecule has 0 bridgehead atoms. The van der Waals surface area contributed by atoms with E-state index >= 15 is 0 Å². The van der Waals surface area contributed by atoms with E-state index in [1.54, 1.807) is 18.2 Å². The molecule has 0 aliphatic heterocycles. The van der Waals surface area contributed by atoms with Gasteiger partial charge in [-0.2, -0.15) is 0 Å². The summed E-state index contributed by atoms with van der Waals surface area (Å²) in [5, 5.41) is 14.3. The summed E-state index contributed by atoms with van der Waals surface area (Å²) in [6.07, 6.45) is 0. The van der Waals surface area contributed by atoms with Crippen LogP contribution in [0.15, 0.2) is 48.5 Å². The van der Waals surface area contributed by atoms with E-state index in [1.165, 1.54) is 12.1 Å². The Morgan fingerprint density at radius 2 is 1.91 bits per heavy atom. The molecule has 3 nitrogen and oxygen atoms in total. The summed E-state index contributed by atoms with van der Waals surface area (Å²) < 4.78 is 13.6. The minimum Gasteiger partial charge on any atom is -0.394 e. The molecule has 3 rings (SSSR count). The first-order valence-electron chi connectivity index (χ1n) is 7.26. The largest absolute Gasteiger partial charge is 0.394 e. The molecule has 118 valence electrons. The van der Waals surface area contributed by atoms with Gasteiger partial charge in [0.15, 0.2) is 0 Å². The maximum Gasteiger partial charge on any atom is 0.124 e. The number of nitrogens with zero attached hydrogens (tertiary/aromatic N) is 1. The van der Waals surface area contributed by atoms with Gasteiger partial charge in [0.1, 0.15) is 5.82 Å². The second-order valence-electron chi connectivity index (χ2n) is 5.40. The van der Waals surface area contributed by atoms with Crippen LogP contribution in [0.3, 0.4) is 0 Å². The number of hydrogen-bond donors (Lipinski definition) is 2. The average Bonchev–Trinajstić information content (AvgIpc) is 2.54. The Labute approximate surface area is 138 Å². The van der Waals surface area contributed by atoms with Crippen LogP contribution in [-0.4, -0.2) is 16.7 Å². The zero-order chi connectivity index (χ0) is 16.4. The lowest BCUT2D eigenvalue weighted by Gasteiger charge is -2.20. The van der Waals surface area contributed by atoms with Gasteiger partial charge in [0.05, 0.1) is 18.2 Å². The highest BCUT2D eigenvalue weighted by Crippen LogP contribution is 2.28. The molecule has 3 aromatic rings. The van der Waals surface area contributed by atoms with E-state index in [-0.39, 0.29) is 18.5 Å². The molecule has 0 radical (unpaired) electrons. The Morgan fingerprint density at radius 3 is 2.61 bits per heavy atom. The zero-order valence-electron chi connectivity index (χ0n) is 12.6. The first-order chi connectivity index (χ1) is 11.1. The van der Waals surface area contributed by atoms with E-state index in [0.717, 1.165) is 16.9 Å². The molecule has 2 N–H and O–H groups in total. The van der Waals surface area contributed by atoms with Crippen LogP contribution in [0, 0.1) is 12.7 Å². The van der Waals surface area contributed by atoms with Gasteiger partial charge in [-0.05, 0) is 48.9 Å². The molecule has 0 aliphatic rings. The van der Waals surface area contributed by atoms with Crippen LogP contribution >= 0.6 is 11.6 Å². The van der Waals surface area contributed by atoms with E-state index < -0.39 is 0 Å². The molecule has 1 atom stereocenters. The second-order valence-corrected chi connectivity index (χ2v) is 5.84. The summed E-state index contributed by atoms with van der Waals surface area (Å²) in [6, 6.07) is 13.3. The molecule has 1 aromatic heterocycles. The van der Waals surface area contributed by atoms with E-state index in [4.69, 9.17) is 11.6 Å². The molecule has 0 saturated heterocycles. The monoisotopic (exact) mass is 330 g/mol. The first kappa shape index (κ1) is 15.7. The maximum absolute atomic E-state index is 13.6. The SMILES string of the molecule is Cc1cc(NC(CO)c2ccc(Cl)cc2)c2cc(F)ccc2n1. The fourth-order valence-electron chi connectivity index (χ4n) is 2.57. The minimum atomic E-state index is -0.321. The molecule has 0 aliphatic carbocycles. The lowest BCUT2D eigenvalue weighted by Crippen LogP contribution is -2.15. The molecule has 0 saturated carbocycles. The lowest BCUT2D eigenvalue weighted by atomic mass is 10.1. The van der Waals surface area contributed by atoms with Crippen LogP contribution in [-0.2, 0) is 0 Å². The Morgan fingerprint density at radius 1 is 1.17 bits per heavy atom. The van der Waals surface area contributed by atoms with Crippen molar-refractivity contribution in [2.45, 2.75) is 13.0 Å². The van der Waals surface area contributed by atoms with Gasteiger partial charge in [-0.25, -0.2) is 4.39 Å². The fraction of sp³-hybridized carbons (Fsp3) is 0.167. The van der Waals surface area contributed by atoms with Gasteiger partial charge < -0.3 is 10.4 Å². The standard InChI is InChI=1S/C18H16ClFN2O/c1-11-8-17(15-9-14(20)6-7-16(15)21-11)22-18(10-23)12-2-4-13(19)5-3-12/h2-9,18,23H,10H2,1H3,(H,21,22). The van der Waals surface area contributed by atoms with Crippen LogP contribution in [0.1, 0.15) is 17.3 Å². The third-order valence-corrected chi connectivity index (χ3v) is 3.94. The van der Waals surface area contributed by atoms with Crippen LogP contribution in [0.25, 0.3) is 10.9 Å². The number of anilines is 1. The number of halogens is 2. The van der Waals surface area contributed by atoms with Crippen molar-refractivity contribution in [2.75, 3.05) is 11.9 Å². The first-order valence-corrected chi connectivity index (χ1v) is 7.64. The van der Waals surface area contributed by atoms with Crippen molar-refractivity contribution < 1.29 is 9.50 Å². The second kappa shape index (κ2) is 6.52. The van der Waals surface area contributed by atoms with Gasteiger partial charge in [0, 0.05) is 21.8 Å². The summed E-state index contributed by atoms with van der Waals surface area (Å²) in [4.78, 5) is 4.41. The zero-order valence-corrected chi connectivity index (χ0v) is 13.3. The van der Waals surface area contributed by atoms with Crippen molar-refractivity contribution in [3.63, 3.8) is 0 Å². The van der Waals surface area contributed by atoms with Gasteiger partial charge in [0.2, 0.25) is 0 Å². The highest BCUT2D eigenvalue weighted by atomic mass is 35.5. The number of fused-ring (bicyclic) bond motifs is 1. The Balaban J connectivity index is 2.01. The van der Waals surface area contributed by atoms with Crippen LogP contribution in [0.4, 0.5) is 10.1 Å². The van der Waals surface area contributed by atoms with E-state index in [0.29, 0.717) is 15.9 Å². The van der Waals surface area contributed by atoms with Crippen molar-refractivity contribution >= 4 is 28.2 Å². The molecule has 2 aromatic carbocycles. The van der Waals surface area contributed by atoms with Gasteiger partial charge in [-0.15, -0.1) is 0 Å². The number of aromatic nitrogens is 1. The van der Waals surface area contributed by atoms with Gasteiger partial charge in [-0.1, -0.05) is 23.7 Å². The van der Waals surface area contributed by atoms with Crippen molar-refractivity contribution in [3.8, 4) is 0 Å². The molecule has 0 amide bonds. The highest BCUT2D eigenvalue weighted by molar-refractivity contribution is 6.30. The van der Waals surface area contributed by atoms with Gasteiger partial charge in [-0.3, -0.25) is 4.98 Å². The van der Waals surface area contributed by atoms with Crippen molar-refractivity contribution in [1.82, 2.24) is 4.98 Å². The number of aryl methyl sites for hydroxylation is 1. The number of benzene rings is 2. The molecular formula is C18H16ClFN2O. The predicted molar refractivity (Wildman–Crippen MR) is 91.3 cm³/mol. The number of pyridine rings is 1. The van der Waals surface area contributed by atoms with E-state index in [2.05, 4.69) is 10.3 Å². The number of nitrogens with one attached hydrogen (secondary N) is 1. The summed E-state index contributed by atoms with van der Waals surface area (Å²) >= 11 is 5.90. The molecule has 0 fully saturated rings. The molecule has 1 heterocycles. The number of hydrogen-bond acceptors (Lipinski definition) is 3. The normalized spacial score (nSPS) is 12.3. The van der Waals surface area contributed by atoms with Crippen molar-refractivity contribution in [2.24, 2.45) is 0 Å². The third-order valence-electron chi connectivity index (χ3n) is 3.68. The Bertz CT molecular complexity index is 836. The predicted octanol–water partition coefficient (Wildman–Crippen LogP) is 4.48. The Kier molecular flexibility index (Phi) is 4.46. The molecule has 0 spiro atoms.